The summed E-state index contributed by atoms with van der Waals surface area (Å²) in [5.74, 6) is -0.994. The zero-order valence-corrected chi connectivity index (χ0v) is 9.46. The summed E-state index contributed by atoms with van der Waals surface area (Å²) in [4.78, 5) is 24.5. The van der Waals surface area contributed by atoms with Gasteiger partial charge in [0.1, 0.15) is 6.26 Å². The first kappa shape index (κ1) is 11.7. The average molecular weight is 237 g/mol. The molecule has 1 aliphatic heterocycles. The topological polar surface area (TPSA) is 70.8 Å². The van der Waals surface area contributed by atoms with Crippen LogP contribution in [0.2, 0.25) is 0 Å². The smallest absolute Gasteiger partial charge is 0.305 e. The second-order valence-corrected chi connectivity index (χ2v) is 4.26. The van der Waals surface area contributed by atoms with Crippen LogP contribution >= 0.6 is 0 Å². The Hall–Kier alpha value is -1.78. The molecule has 1 aromatic heterocycles. The van der Waals surface area contributed by atoms with Crippen molar-refractivity contribution >= 4 is 11.9 Å². The quantitative estimate of drug-likeness (QED) is 0.869. The molecule has 0 aromatic carbocycles. The molecule has 5 heteroatoms. The molecule has 0 saturated carbocycles. The zero-order valence-electron chi connectivity index (χ0n) is 9.46. The first-order valence-electron chi connectivity index (χ1n) is 5.73. The molecule has 1 amide bonds. The van der Waals surface area contributed by atoms with Gasteiger partial charge in [-0.1, -0.05) is 0 Å². The fourth-order valence-electron chi connectivity index (χ4n) is 2.23. The van der Waals surface area contributed by atoms with E-state index in [0.717, 1.165) is 19.3 Å². The first-order valence-corrected chi connectivity index (χ1v) is 5.73. The molecule has 5 nitrogen and oxygen atoms in total. The highest BCUT2D eigenvalue weighted by molar-refractivity contribution is 5.94. The normalized spacial score (nSPS) is 20.2. The highest BCUT2D eigenvalue weighted by atomic mass is 16.4. The molecule has 0 bridgehead atoms. The number of nitrogens with zero attached hydrogens (tertiary/aromatic N) is 1. The molecule has 0 spiro atoms. The highest BCUT2D eigenvalue weighted by Crippen LogP contribution is 2.22. The number of aliphatic carboxylic acids is 1. The van der Waals surface area contributed by atoms with E-state index in [1.165, 1.54) is 12.5 Å². The Morgan fingerprint density at radius 3 is 2.94 bits per heavy atom. The van der Waals surface area contributed by atoms with Gasteiger partial charge in [-0.15, -0.1) is 0 Å². The van der Waals surface area contributed by atoms with Crippen molar-refractivity contribution in [2.24, 2.45) is 0 Å². The largest absolute Gasteiger partial charge is 0.481 e. The second-order valence-electron chi connectivity index (χ2n) is 4.26. The maximum atomic E-state index is 12.1. The summed E-state index contributed by atoms with van der Waals surface area (Å²) in [5, 5.41) is 8.84. The van der Waals surface area contributed by atoms with E-state index in [0.29, 0.717) is 12.1 Å². The number of carbonyl (C=O) groups is 2. The van der Waals surface area contributed by atoms with Gasteiger partial charge in [-0.05, 0) is 25.3 Å². The Morgan fingerprint density at radius 2 is 2.29 bits per heavy atom. The molecular weight excluding hydrogens is 222 g/mol. The van der Waals surface area contributed by atoms with Gasteiger partial charge >= 0.3 is 5.97 Å². The van der Waals surface area contributed by atoms with Crippen LogP contribution in [0.5, 0.6) is 0 Å². The van der Waals surface area contributed by atoms with Crippen LogP contribution in [0.15, 0.2) is 23.0 Å². The van der Waals surface area contributed by atoms with Gasteiger partial charge in [0.25, 0.3) is 5.91 Å². The lowest BCUT2D eigenvalue weighted by Gasteiger charge is -2.34. The van der Waals surface area contributed by atoms with E-state index in [-0.39, 0.29) is 18.4 Å². The van der Waals surface area contributed by atoms with Crippen LogP contribution in [0, 0.1) is 0 Å². The summed E-state index contributed by atoms with van der Waals surface area (Å²) in [6, 6.07) is 1.41. The third kappa shape index (κ3) is 2.67. The van der Waals surface area contributed by atoms with Crippen molar-refractivity contribution in [2.45, 2.75) is 31.7 Å². The van der Waals surface area contributed by atoms with Crippen molar-refractivity contribution in [1.29, 1.82) is 0 Å². The molecule has 0 aliphatic carbocycles. The standard InChI is InChI=1S/C12H15NO4/c14-11(15)7-10-3-1-2-5-13(10)12(16)9-4-6-17-8-9/h4,6,8,10H,1-3,5,7H2,(H,14,15). The van der Waals surface area contributed by atoms with Crippen LogP contribution in [-0.4, -0.2) is 34.5 Å². The number of hydrogen-bond donors (Lipinski definition) is 1. The molecule has 92 valence electrons. The maximum Gasteiger partial charge on any atom is 0.305 e. The fourth-order valence-corrected chi connectivity index (χ4v) is 2.23. The minimum atomic E-state index is -0.859. The summed E-state index contributed by atoms with van der Waals surface area (Å²) in [5.41, 5.74) is 0.488. The third-order valence-corrected chi connectivity index (χ3v) is 3.07. The van der Waals surface area contributed by atoms with Gasteiger partial charge in [0.2, 0.25) is 0 Å². The molecule has 2 rings (SSSR count). The average Bonchev–Trinajstić information content (AvgIpc) is 2.81. The third-order valence-electron chi connectivity index (χ3n) is 3.07. The van der Waals surface area contributed by atoms with Gasteiger partial charge in [-0.3, -0.25) is 9.59 Å². The first-order chi connectivity index (χ1) is 8.18. The van der Waals surface area contributed by atoms with E-state index in [1.807, 2.05) is 0 Å². The molecule has 0 radical (unpaired) electrons. The van der Waals surface area contributed by atoms with Crippen LogP contribution in [0.4, 0.5) is 0 Å². The Balaban J connectivity index is 2.10. The van der Waals surface area contributed by atoms with E-state index in [9.17, 15) is 9.59 Å². The number of hydrogen-bond acceptors (Lipinski definition) is 3. The molecule has 1 atom stereocenters. The summed E-state index contributed by atoms with van der Waals surface area (Å²) >= 11 is 0. The number of piperidine rings is 1. The van der Waals surface area contributed by atoms with Gasteiger partial charge in [-0.2, -0.15) is 0 Å². The van der Waals surface area contributed by atoms with E-state index in [4.69, 9.17) is 9.52 Å². The van der Waals surface area contributed by atoms with Gasteiger partial charge in [0.05, 0.1) is 18.2 Å². The maximum absolute atomic E-state index is 12.1. The fraction of sp³-hybridized carbons (Fsp3) is 0.500. The van der Waals surface area contributed by atoms with E-state index < -0.39 is 5.97 Å². The minimum absolute atomic E-state index is 0.0175. The Bertz CT molecular complexity index is 399. The molecule has 1 aliphatic rings. The van der Waals surface area contributed by atoms with Crippen LogP contribution in [0.3, 0.4) is 0 Å². The van der Waals surface area contributed by atoms with Crippen LogP contribution in [0.25, 0.3) is 0 Å². The van der Waals surface area contributed by atoms with Crippen molar-refractivity contribution in [3.63, 3.8) is 0 Å². The summed E-state index contributed by atoms with van der Waals surface area (Å²) in [6.45, 7) is 0.627. The number of amides is 1. The number of furan rings is 1. The van der Waals surface area contributed by atoms with Gasteiger partial charge in [0, 0.05) is 12.6 Å². The number of likely N-dealkylation sites (tertiary alicyclic amines) is 1. The molecule has 1 aromatic rings. The van der Waals surface area contributed by atoms with Crippen molar-refractivity contribution in [2.75, 3.05) is 6.54 Å². The molecule has 1 fully saturated rings. The van der Waals surface area contributed by atoms with E-state index in [2.05, 4.69) is 0 Å². The van der Waals surface area contributed by atoms with E-state index in [1.54, 1.807) is 11.0 Å². The Morgan fingerprint density at radius 1 is 1.47 bits per heavy atom. The van der Waals surface area contributed by atoms with Crippen molar-refractivity contribution in [3.8, 4) is 0 Å². The number of carboxylic acid groups (broad SMARTS) is 1. The predicted octanol–water partition coefficient (Wildman–Crippen LogP) is 1.75. The summed E-state index contributed by atoms with van der Waals surface area (Å²) in [6.07, 6.45) is 5.53. The predicted molar refractivity (Wildman–Crippen MR) is 59.6 cm³/mol. The molecule has 17 heavy (non-hydrogen) atoms. The zero-order chi connectivity index (χ0) is 12.3. The number of carbonyl (C=O) groups excluding carboxylic acids is 1. The SMILES string of the molecule is O=C(O)CC1CCCCN1C(=O)c1ccoc1. The highest BCUT2D eigenvalue weighted by Gasteiger charge is 2.29. The minimum Gasteiger partial charge on any atom is -0.481 e. The summed E-state index contributed by atoms with van der Waals surface area (Å²) < 4.78 is 4.88. The van der Waals surface area contributed by atoms with Crippen molar-refractivity contribution in [1.82, 2.24) is 4.90 Å². The molecule has 1 unspecified atom stereocenters. The van der Waals surface area contributed by atoms with Gasteiger partial charge < -0.3 is 14.4 Å². The van der Waals surface area contributed by atoms with E-state index >= 15 is 0 Å². The lowest BCUT2D eigenvalue weighted by Crippen LogP contribution is -2.44. The van der Waals surface area contributed by atoms with Gasteiger partial charge in [0.15, 0.2) is 0 Å². The second kappa shape index (κ2) is 5.03. The molecule has 2 heterocycles. The number of rotatable bonds is 3. The Labute approximate surface area is 99.0 Å². The molecular formula is C12H15NO4. The van der Waals surface area contributed by atoms with Crippen molar-refractivity contribution < 1.29 is 19.1 Å². The van der Waals surface area contributed by atoms with Crippen LogP contribution < -0.4 is 0 Å². The Kier molecular flexibility index (Phi) is 3.46. The van der Waals surface area contributed by atoms with Crippen molar-refractivity contribution in [3.05, 3.63) is 24.2 Å². The van der Waals surface area contributed by atoms with Gasteiger partial charge in [-0.25, -0.2) is 0 Å². The molecule has 1 N–H and O–H groups in total. The monoisotopic (exact) mass is 237 g/mol. The lowest BCUT2D eigenvalue weighted by atomic mass is 9.98. The summed E-state index contributed by atoms with van der Waals surface area (Å²) in [7, 11) is 0. The molecule has 1 saturated heterocycles. The van der Waals surface area contributed by atoms with Crippen LogP contribution in [0.1, 0.15) is 36.0 Å². The van der Waals surface area contributed by atoms with Crippen LogP contribution in [-0.2, 0) is 4.79 Å². The number of carboxylic acids is 1. The lowest BCUT2D eigenvalue weighted by molar-refractivity contribution is -0.138.